The summed E-state index contributed by atoms with van der Waals surface area (Å²) in [6, 6.07) is 0. The maximum Gasteiger partial charge on any atom is 0.339 e. The highest BCUT2D eigenvalue weighted by Crippen LogP contribution is 2.40. The van der Waals surface area contributed by atoms with Crippen LogP contribution in [0.4, 0.5) is 0 Å². The van der Waals surface area contributed by atoms with E-state index >= 15 is 0 Å². The van der Waals surface area contributed by atoms with Crippen LogP contribution in [0.3, 0.4) is 0 Å². The molecule has 1 aromatic rings. The molecule has 3 rings (SSSR count). The molecule has 0 spiro atoms. The van der Waals surface area contributed by atoms with Crippen LogP contribution in [0.1, 0.15) is 48.2 Å². The van der Waals surface area contributed by atoms with Crippen molar-refractivity contribution in [2.45, 2.75) is 38.6 Å². The fourth-order valence-corrected chi connectivity index (χ4v) is 3.10. The highest BCUT2D eigenvalue weighted by molar-refractivity contribution is 6.16. The summed E-state index contributed by atoms with van der Waals surface area (Å²) in [5, 5.41) is 0. The number of hydrogen-bond donors (Lipinski definition) is 1. The van der Waals surface area contributed by atoms with Gasteiger partial charge in [-0.25, -0.2) is 4.79 Å². The Hall–Kier alpha value is -1.84. The van der Waals surface area contributed by atoms with Crippen molar-refractivity contribution < 1.29 is 9.53 Å². The molecular weight excluding hydrogens is 240 g/mol. The standard InChI is InChI=1S/C15H18N2O2/c1-3-9-4-5-11(15(18)19-2)14-13(9)10-6-7-16-8-12(10)17-14/h5,7,9,17H,3-4,6,8H2,1-2H3. The van der Waals surface area contributed by atoms with Crippen molar-refractivity contribution in [1.29, 1.82) is 0 Å². The number of methoxy groups -OCH3 is 1. The number of esters is 1. The van der Waals surface area contributed by atoms with Crippen LogP contribution in [0, 0.1) is 0 Å². The molecule has 1 aliphatic heterocycles. The Balaban J connectivity index is 2.13. The largest absolute Gasteiger partial charge is 0.465 e. The number of hydrogen-bond acceptors (Lipinski definition) is 3. The lowest BCUT2D eigenvalue weighted by molar-refractivity contribution is -0.133. The van der Waals surface area contributed by atoms with Crippen LogP contribution >= 0.6 is 0 Å². The van der Waals surface area contributed by atoms with Crippen molar-refractivity contribution in [2.75, 3.05) is 7.11 Å². The molecule has 19 heavy (non-hydrogen) atoms. The number of nitrogens with zero attached hydrogens (tertiary/aromatic N) is 1. The Morgan fingerprint density at radius 2 is 2.42 bits per heavy atom. The first-order valence-electron chi connectivity index (χ1n) is 6.77. The molecule has 4 nitrogen and oxygen atoms in total. The van der Waals surface area contributed by atoms with Gasteiger partial charge >= 0.3 is 5.97 Å². The van der Waals surface area contributed by atoms with Crippen molar-refractivity contribution in [2.24, 2.45) is 4.99 Å². The van der Waals surface area contributed by atoms with Gasteiger partial charge < -0.3 is 9.72 Å². The normalized spacial score (nSPS) is 20.5. The van der Waals surface area contributed by atoms with Crippen LogP contribution in [-0.4, -0.2) is 24.3 Å². The smallest absolute Gasteiger partial charge is 0.339 e. The van der Waals surface area contributed by atoms with Gasteiger partial charge in [-0.15, -0.1) is 0 Å². The molecule has 1 aromatic heterocycles. The van der Waals surface area contributed by atoms with E-state index < -0.39 is 0 Å². The van der Waals surface area contributed by atoms with Crippen molar-refractivity contribution in [3.8, 4) is 0 Å². The van der Waals surface area contributed by atoms with Gasteiger partial charge in [-0.05, 0) is 29.9 Å². The molecule has 0 bridgehead atoms. The molecule has 0 fully saturated rings. The van der Waals surface area contributed by atoms with Gasteiger partial charge in [0.15, 0.2) is 0 Å². The zero-order valence-corrected chi connectivity index (χ0v) is 11.3. The minimum absolute atomic E-state index is 0.254. The summed E-state index contributed by atoms with van der Waals surface area (Å²) in [5.41, 5.74) is 5.44. The summed E-state index contributed by atoms with van der Waals surface area (Å²) >= 11 is 0. The Bertz CT molecular complexity index is 581. The van der Waals surface area contributed by atoms with Crippen LogP contribution in [0.5, 0.6) is 0 Å². The van der Waals surface area contributed by atoms with Crippen molar-refractivity contribution in [3.05, 3.63) is 28.6 Å². The number of aromatic amines is 1. The second-order valence-corrected chi connectivity index (χ2v) is 5.05. The van der Waals surface area contributed by atoms with Crippen molar-refractivity contribution in [3.63, 3.8) is 0 Å². The number of fused-ring (bicyclic) bond motifs is 3. The summed E-state index contributed by atoms with van der Waals surface area (Å²) in [6.07, 6.45) is 6.84. The topological polar surface area (TPSA) is 54.5 Å². The summed E-state index contributed by atoms with van der Waals surface area (Å²) in [4.78, 5) is 19.6. The number of ether oxygens (including phenoxy) is 1. The van der Waals surface area contributed by atoms with E-state index in [2.05, 4.69) is 16.9 Å². The number of aliphatic imine (C=N–C) groups is 1. The molecule has 0 saturated heterocycles. The zero-order valence-electron chi connectivity index (χ0n) is 11.3. The molecule has 2 aliphatic rings. The SMILES string of the molecule is CCC1CC=C(C(=O)OC)c2[nH]c3c(c21)CC=NC3. The van der Waals surface area contributed by atoms with Gasteiger partial charge in [-0.2, -0.15) is 0 Å². The number of nitrogens with one attached hydrogen (secondary N) is 1. The minimum atomic E-state index is -0.254. The number of carbonyl (C=O) groups is 1. The summed E-state index contributed by atoms with van der Waals surface area (Å²) in [7, 11) is 1.43. The zero-order chi connectivity index (χ0) is 13.4. The van der Waals surface area contributed by atoms with Gasteiger partial charge in [0.05, 0.1) is 24.9 Å². The highest BCUT2D eigenvalue weighted by Gasteiger charge is 2.31. The number of rotatable bonds is 2. The fourth-order valence-electron chi connectivity index (χ4n) is 3.10. The maximum atomic E-state index is 11.9. The quantitative estimate of drug-likeness (QED) is 0.829. The molecule has 0 amide bonds. The summed E-state index contributed by atoms with van der Waals surface area (Å²) < 4.78 is 4.89. The molecule has 1 N–H and O–H groups in total. The molecule has 0 radical (unpaired) electrons. The van der Waals surface area contributed by atoms with Gasteiger partial charge in [0.25, 0.3) is 0 Å². The second kappa shape index (κ2) is 4.68. The van der Waals surface area contributed by atoms with E-state index in [1.165, 1.54) is 18.2 Å². The second-order valence-electron chi connectivity index (χ2n) is 5.05. The first-order valence-corrected chi connectivity index (χ1v) is 6.77. The van der Waals surface area contributed by atoms with Gasteiger partial charge in [-0.3, -0.25) is 4.99 Å². The number of carbonyl (C=O) groups excluding carboxylic acids is 1. The van der Waals surface area contributed by atoms with Crippen LogP contribution in [0.15, 0.2) is 11.1 Å². The Labute approximate surface area is 112 Å². The van der Waals surface area contributed by atoms with Gasteiger partial charge in [-0.1, -0.05) is 13.0 Å². The molecule has 0 saturated carbocycles. The average molecular weight is 258 g/mol. The Kier molecular flexibility index (Phi) is 3.01. The predicted molar refractivity (Wildman–Crippen MR) is 74.3 cm³/mol. The van der Waals surface area contributed by atoms with Gasteiger partial charge in [0.1, 0.15) is 0 Å². The Morgan fingerprint density at radius 3 is 3.16 bits per heavy atom. The lowest BCUT2D eigenvalue weighted by Crippen LogP contribution is -2.13. The van der Waals surface area contributed by atoms with E-state index in [1.54, 1.807) is 0 Å². The minimum Gasteiger partial charge on any atom is -0.465 e. The predicted octanol–water partition coefficient (Wildman–Crippen LogP) is 2.60. The molecule has 1 aliphatic carbocycles. The highest BCUT2D eigenvalue weighted by atomic mass is 16.5. The van der Waals surface area contributed by atoms with Gasteiger partial charge in [0.2, 0.25) is 0 Å². The van der Waals surface area contributed by atoms with Crippen LogP contribution < -0.4 is 0 Å². The molecule has 0 aromatic carbocycles. The molecular formula is C15H18N2O2. The Morgan fingerprint density at radius 1 is 1.58 bits per heavy atom. The maximum absolute atomic E-state index is 11.9. The van der Waals surface area contributed by atoms with Crippen LogP contribution in [0.25, 0.3) is 5.57 Å². The number of aromatic nitrogens is 1. The monoisotopic (exact) mass is 258 g/mol. The average Bonchev–Trinajstić information content (AvgIpc) is 2.85. The van der Waals surface area contributed by atoms with E-state index in [9.17, 15) is 4.79 Å². The third-order valence-electron chi connectivity index (χ3n) is 4.09. The first-order chi connectivity index (χ1) is 9.26. The van der Waals surface area contributed by atoms with Gasteiger partial charge in [0, 0.05) is 18.3 Å². The lowest BCUT2D eigenvalue weighted by atomic mass is 9.82. The van der Waals surface area contributed by atoms with E-state index in [0.717, 1.165) is 30.7 Å². The van der Waals surface area contributed by atoms with Crippen molar-refractivity contribution >= 4 is 17.8 Å². The third kappa shape index (κ3) is 1.82. The molecule has 1 atom stereocenters. The van der Waals surface area contributed by atoms with E-state index in [-0.39, 0.29) is 5.97 Å². The first kappa shape index (κ1) is 12.2. The molecule has 1 unspecified atom stereocenters. The fraction of sp³-hybridized carbons (Fsp3) is 0.467. The summed E-state index contributed by atoms with van der Waals surface area (Å²) in [6.45, 7) is 2.88. The van der Waals surface area contributed by atoms with E-state index in [4.69, 9.17) is 4.74 Å². The van der Waals surface area contributed by atoms with Crippen LogP contribution in [0.2, 0.25) is 0 Å². The molecule has 100 valence electrons. The van der Waals surface area contributed by atoms with Crippen molar-refractivity contribution in [1.82, 2.24) is 4.98 Å². The third-order valence-corrected chi connectivity index (χ3v) is 4.09. The number of H-pyrrole nitrogens is 1. The van der Waals surface area contributed by atoms with E-state index in [0.29, 0.717) is 18.0 Å². The molecule has 4 heteroatoms. The van der Waals surface area contributed by atoms with Crippen LogP contribution in [-0.2, 0) is 22.5 Å². The summed E-state index contributed by atoms with van der Waals surface area (Å²) in [5.74, 6) is 0.241. The molecule has 2 heterocycles. The lowest BCUT2D eigenvalue weighted by Gasteiger charge is -2.22. The van der Waals surface area contributed by atoms with E-state index in [1.807, 2.05) is 12.3 Å². The number of allylic oxidation sites excluding steroid dienone is 1.